The van der Waals surface area contributed by atoms with Crippen LogP contribution in [0, 0.1) is 23.4 Å². The quantitative estimate of drug-likeness (QED) is 0.452. The van der Waals surface area contributed by atoms with Gasteiger partial charge in [0.15, 0.2) is 0 Å². The first kappa shape index (κ1) is 22.6. The van der Waals surface area contributed by atoms with Crippen LogP contribution in [0.25, 0.3) is 11.4 Å². The zero-order chi connectivity index (χ0) is 23.4. The van der Waals surface area contributed by atoms with Crippen LogP contribution in [0.2, 0.25) is 0 Å². The Bertz CT molecular complexity index is 1160. The second kappa shape index (κ2) is 9.91. The molecule has 3 aromatic rings. The number of imidazole rings is 1. The van der Waals surface area contributed by atoms with Crippen molar-refractivity contribution in [2.75, 3.05) is 18.8 Å². The van der Waals surface area contributed by atoms with Gasteiger partial charge in [-0.1, -0.05) is 30.8 Å². The first-order valence-corrected chi connectivity index (χ1v) is 10.7. The van der Waals surface area contributed by atoms with Crippen LogP contribution in [0.1, 0.15) is 17.7 Å². The minimum absolute atomic E-state index is 0.112. The van der Waals surface area contributed by atoms with Crippen molar-refractivity contribution in [2.24, 2.45) is 10.9 Å². The van der Waals surface area contributed by atoms with Crippen molar-refractivity contribution in [2.45, 2.75) is 19.5 Å². The highest BCUT2D eigenvalue weighted by molar-refractivity contribution is 5.86. The number of aliphatic imine (C=N–C) groups is 1. The predicted octanol–water partition coefficient (Wildman–Crippen LogP) is 3.84. The molecule has 0 bridgehead atoms. The van der Waals surface area contributed by atoms with E-state index in [9.17, 15) is 13.2 Å². The second-order valence-corrected chi connectivity index (χ2v) is 7.92. The molecule has 0 radical (unpaired) electrons. The van der Waals surface area contributed by atoms with E-state index < -0.39 is 11.6 Å². The number of benzene rings is 2. The number of nitrogen functional groups attached to an aromatic ring is 1. The van der Waals surface area contributed by atoms with Crippen molar-refractivity contribution in [3.8, 4) is 11.4 Å². The topological polar surface area (TPSA) is 80.3 Å². The number of nitrogens with one attached hydrogen (secondary N) is 2. The summed E-state index contributed by atoms with van der Waals surface area (Å²) in [7, 11) is 0. The summed E-state index contributed by atoms with van der Waals surface area (Å²) in [4.78, 5) is 8.62. The van der Waals surface area contributed by atoms with Gasteiger partial charge in [-0.3, -0.25) is 0 Å². The van der Waals surface area contributed by atoms with E-state index in [0.717, 1.165) is 19.5 Å². The summed E-state index contributed by atoms with van der Waals surface area (Å²) in [5.74, 6) is -0.868. The first-order valence-electron chi connectivity index (χ1n) is 10.7. The number of nitrogens with zero attached hydrogens (tertiary/aromatic N) is 3. The Labute approximate surface area is 190 Å². The average molecular weight is 455 g/mol. The molecule has 1 aliphatic heterocycles. The number of hydrogen-bond acceptors (Lipinski definition) is 5. The third-order valence-electron chi connectivity index (χ3n) is 5.61. The zero-order valence-corrected chi connectivity index (χ0v) is 18.0. The van der Waals surface area contributed by atoms with Gasteiger partial charge in [0, 0.05) is 18.7 Å². The fourth-order valence-electron chi connectivity index (χ4n) is 3.82. The lowest BCUT2D eigenvalue weighted by Gasteiger charge is -2.15. The molecule has 4 N–H and O–H groups in total. The van der Waals surface area contributed by atoms with Crippen LogP contribution in [-0.4, -0.2) is 28.9 Å². The highest BCUT2D eigenvalue weighted by Gasteiger charge is 2.24. The van der Waals surface area contributed by atoms with Crippen LogP contribution in [-0.2, 0) is 13.1 Å². The minimum atomic E-state index is -0.717. The SMILES string of the molecule is C=C(/N=C\c1nc(-c2c(F)cccc2F)n(C[C@H]2CCNC2)c1N)NCc1ccccc1F. The molecule has 1 aliphatic rings. The van der Waals surface area contributed by atoms with Gasteiger partial charge in [0.25, 0.3) is 0 Å². The van der Waals surface area contributed by atoms with Crippen LogP contribution in [0.5, 0.6) is 0 Å². The fourth-order valence-corrected chi connectivity index (χ4v) is 3.82. The Morgan fingerprint density at radius 2 is 1.91 bits per heavy atom. The van der Waals surface area contributed by atoms with Crippen molar-refractivity contribution in [1.82, 2.24) is 20.2 Å². The van der Waals surface area contributed by atoms with E-state index >= 15 is 0 Å². The van der Waals surface area contributed by atoms with Crippen LogP contribution in [0.4, 0.5) is 19.0 Å². The van der Waals surface area contributed by atoms with Crippen LogP contribution in [0.15, 0.2) is 59.9 Å². The van der Waals surface area contributed by atoms with Crippen LogP contribution in [0.3, 0.4) is 0 Å². The monoisotopic (exact) mass is 454 g/mol. The molecule has 33 heavy (non-hydrogen) atoms. The number of aromatic nitrogens is 2. The van der Waals surface area contributed by atoms with Gasteiger partial charge in [-0.2, -0.15) is 0 Å². The Kier molecular flexibility index (Phi) is 6.79. The largest absolute Gasteiger partial charge is 0.383 e. The molecule has 2 heterocycles. The Balaban J connectivity index is 1.59. The zero-order valence-electron chi connectivity index (χ0n) is 18.0. The van der Waals surface area contributed by atoms with Crippen molar-refractivity contribution in [3.05, 3.63) is 83.6 Å². The molecule has 0 spiro atoms. The lowest BCUT2D eigenvalue weighted by Crippen LogP contribution is -2.17. The molecule has 0 unspecified atom stereocenters. The summed E-state index contributed by atoms with van der Waals surface area (Å²) in [6, 6.07) is 10.1. The minimum Gasteiger partial charge on any atom is -0.383 e. The molecular weight excluding hydrogens is 429 g/mol. The van der Waals surface area contributed by atoms with Crippen molar-refractivity contribution in [1.29, 1.82) is 0 Å². The molecule has 0 aliphatic carbocycles. The third kappa shape index (κ3) is 5.09. The summed E-state index contributed by atoms with van der Waals surface area (Å²) >= 11 is 0. The lowest BCUT2D eigenvalue weighted by atomic mass is 10.1. The number of rotatable bonds is 8. The molecule has 172 valence electrons. The van der Waals surface area contributed by atoms with E-state index in [0.29, 0.717) is 12.1 Å². The van der Waals surface area contributed by atoms with Gasteiger partial charge < -0.3 is 20.9 Å². The molecule has 0 saturated carbocycles. The summed E-state index contributed by atoms with van der Waals surface area (Å²) < 4.78 is 44.5. The normalized spacial score (nSPS) is 15.9. The molecule has 4 rings (SSSR count). The molecular formula is C24H25F3N6. The average Bonchev–Trinajstić information content (AvgIpc) is 3.41. The molecule has 1 fully saturated rings. The van der Waals surface area contributed by atoms with E-state index in [4.69, 9.17) is 5.73 Å². The van der Waals surface area contributed by atoms with E-state index in [-0.39, 0.29) is 47.0 Å². The maximum atomic E-state index is 14.5. The van der Waals surface area contributed by atoms with Crippen LogP contribution < -0.4 is 16.4 Å². The predicted molar refractivity (Wildman–Crippen MR) is 123 cm³/mol. The van der Waals surface area contributed by atoms with Gasteiger partial charge in [0.2, 0.25) is 0 Å². The molecule has 1 aromatic heterocycles. The highest BCUT2D eigenvalue weighted by atomic mass is 19.1. The smallest absolute Gasteiger partial charge is 0.148 e. The second-order valence-electron chi connectivity index (χ2n) is 7.92. The van der Waals surface area contributed by atoms with Gasteiger partial charge in [0.05, 0.1) is 11.8 Å². The Morgan fingerprint density at radius 1 is 1.18 bits per heavy atom. The third-order valence-corrected chi connectivity index (χ3v) is 5.61. The molecule has 9 heteroatoms. The van der Waals surface area contributed by atoms with Gasteiger partial charge >= 0.3 is 0 Å². The number of anilines is 1. The fraction of sp³-hybridized carbons (Fsp3) is 0.250. The molecule has 1 atom stereocenters. The van der Waals surface area contributed by atoms with E-state index in [1.807, 2.05) is 0 Å². The molecule has 2 aromatic carbocycles. The maximum Gasteiger partial charge on any atom is 0.148 e. The van der Waals surface area contributed by atoms with Crippen molar-refractivity contribution < 1.29 is 13.2 Å². The van der Waals surface area contributed by atoms with Crippen molar-refractivity contribution in [3.63, 3.8) is 0 Å². The van der Waals surface area contributed by atoms with Gasteiger partial charge in [-0.25, -0.2) is 23.1 Å². The van der Waals surface area contributed by atoms with Gasteiger partial charge in [-0.15, -0.1) is 0 Å². The number of nitrogens with two attached hydrogens (primary N) is 1. The molecule has 1 saturated heterocycles. The Hall–Kier alpha value is -3.59. The standard InChI is InChI=1S/C24H25F3N6/c1-15(30-12-17-5-2-3-6-18(17)25)31-13-21-23(28)33(14-16-9-10-29-11-16)24(32-21)22-19(26)7-4-8-20(22)27/h2-8,13,16,29-30H,1,9-12,14,28H2/b31-13-/t16-/m0/s1. The number of hydrogen-bond donors (Lipinski definition) is 3. The number of halogens is 3. The summed E-state index contributed by atoms with van der Waals surface area (Å²) in [5.41, 5.74) is 6.85. The van der Waals surface area contributed by atoms with Crippen LogP contribution >= 0.6 is 0 Å². The van der Waals surface area contributed by atoms with Gasteiger partial charge in [-0.05, 0) is 43.6 Å². The first-order chi connectivity index (χ1) is 15.9. The summed E-state index contributed by atoms with van der Waals surface area (Å²) in [6.07, 6.45) is 2.31. The summed E-state index contributed by atoms with van der Waals surface area (Å²) in [5, 5.41) is 6.20. The lowest BCUT2D eigenvalue weighted by molar-refractivity contribution is 0.485. The highest BCUT2D eigenvalue weighted by Crippen LogP contribution is 2.30. The van der Waals surface area contributed by atoms with E-state index in [2.05, 4.69) is 27.2 Å². The summed E-state index contributed by atoms with van der Waals surface area (Å²) in [6.45, 7) is 6.15. The van der Waals surface area contributed by atoms with E-state index in [1.165, 1.54) is 30.5 Å². The maximum absolute atomic E-state index is 14.5. The van der Waals surface area contributed by atoms with E-state index in [1.54, 1.807) is 22.8 Å². The molecule has 0 amide bonds. The Morgan fingerprint density at radius 3 is 2.61 bits per heavy atom. The molecule has 6 nitrogen and oxygen atoms in total. The van der Waals surface area contributed by atoms with Crippen molar-refractivity contribution >= 4 is 12.0 Å². The van der Waals surface area contributed by atoms with Gasteiger partial charge in [0.1, 0.15) is 40.6 Å².